The molecule has 1 N–H and O–H groups in total. The van der Waals surface area contributed by atoms with Gasteiger partial charge in [0.15, 0.2) is 5.78 Å². The molecule has 1 saturated heterocycles. The van der Waals surface area contributed by atoms with Gasteiger partial charge in [0, 0.05) is 49.9 Å². The maximum Gasteiger partial charge on any atom is 0.433 e. The molecule has 3 heterocycles. The van der Waals surface area contributed by atoms with Gasteiger partial charge >= 0.3 is 17.9 Å². The van der Waals surface area contributed by atoms with Crippen molar-refractivity contribution in [2.75, 3.05) is 18.4 Å². The number of ketones is 1. The van der Waals surface area contributed by atoms with Gasteiger partial charge in [0.25, 0.3) is 5.56 Å². The lowest BCUT2D eigenvalue weighted by molar-refractivity contribution is -0.141. The normalized spacial score (nSPS) is 17.6. The topological polar surface area (TPSA) is 106 Å². The van der Waals surface area contributed by atoms with Crippen LogP contribution in [0.25, 0.3) is 10.9 Å². The fourth-order valence-electron chi connectivity index (χ4n) is 5.43. The average molecular weight is 590 g/mol. The molecule has 9 nitrogen and oxygen atoms in total. The number of hydrogen-bond donors (Lipinski definition) is 1. The number of piperidine rings is 1. The fraction of sp³-hybridized carbons (Fsp3) is 0.483. The smallest absolute Gasteiger partial charge is 0.324 e. The molecule has 0 bridgehead atoms. The number of nitrogens with zero attached hydrogens (tertiary/aromatic N) is 4. The number of anilines is 1. The van der Waals surface area contributed by atoms with E-state index in [0.717, 1.165) is 37.2 Å². The summed E-state index contributed by atoms with van der Waals surface area (Å²) < 4.78 is 56.1. The van der Waals surface area contributed by atoms with Crippen LogP contribution >= 0.6 is 0 Å². The highest BCUT2D eigenvalue weighted by atomic mass is 19.4. The highest BCUT2D eigenvalue weighted by molar-refractivity contribution is 5.96. The first kappa shape index (κ1) is 29.5. The lowest BCUT2D eigenvalue weighted by Crippen LogP contribution is -2.43. The quantitative estimate of drug-likeness (QED) is 0.300. The maximum atomic E-state index is 15.2. The maximum absolute atomic E-state index is 15.2. The molecule has 0 radical (unpaired) electrons. The number of nitrogens with one attached hydrogen (secondary N) is 1. The van der Waals surface area contributed by atoms with Crippen molar-refractivity contribution in [1.82, 2.24) is 19.0 Å². The lowest BCUT2D eigenvalue weighted by Gasteiger charge is -2.32. The molecular formula is C29H31F4N5O4. The summed E-state index contributed by atoms with van der Waals surface area (Å²) >= 11 is 0. The van der Waals surface area contributed by atoms with Crippen molar-refractivity contribution < 1.29 is 27.2 Å². The Morgan fingerprint density at radius 2 is 1.83 bits per heavy atom. The van der Waals surface area contributed by atoms with Crippen LogP contribution in [0.5, 0.6) is 0 Å². The Kier molecular flexibility index (Phi) is 7.95. The predicted octanol–water partition coefficient (Wildman–Crippen LogP) is 5.22. The van der Waals surface area contributed by atoms with Gasteiger partial charge in [-0.25, -0.2) is 14.0 Å². The number of carbonyl (C=O) groups is 2. The highest BCUT2D eigenvalue weighted by Gasteiger charge is 2.33. The van der Waals surface area contributed by atoms with Crippen molar-refractivity contribution in [1.29, 1.82) is 0 Å². The molecule has 1 saturated carbocycles. The molecule has 1 atom stereocenters. The largest absolute Gasteiger partial charge is 0.433 e. The Morgan fingerprint density at radius 3 is 2.45 bits per heavy atom. The predicted molar refractivity (Wildman–Crippen MR) is 147 cm³/mol. The van der Waals surface area contributed by atoms with Crippen LogP contribution in [0.3, 0.4) is 0 Å². The average Bonchev–Trinajstić information content (AvgIpc) is 3.76. The minimum Gasteiger partial charge on any atom is -0.324 e. The number of aromatic nitrogens is 3. The number of amides is 2. The Labute approximate surface area is 238 Å². The van der Waals surface area contributed by atoms with Crippen molar-refractivity contribution in [2.45, 2.75) is 64.7 Å². The van der Waals surface area contributed by atoms with E-state index in [4.69, 9.17) is 0 Å². The molecule has 2 aromatic heterocycles. The van der Waals surface area contributed by atoms with Crippen molar-refractivity contribution >= 4 is 28.4 Å². The SMILES string of the molecule is CC(C)n1c(=O)n(CC2CC2)c(=O)c2cc(NC(=O)N3CCCC(CC(=O)c4ccc(C(F)(F)F)nc4)C3)c(F)cc21. The lowest BCUT2D eigenvalue weighted by atomic mass is 9.91. The number of fused-ring (bicyclic) bond motifs is 1. The van der Waals surface area contributed by atoms with Gasteiger partial charge < -0.3 is 10.2 Å². The van der Waals surface area contributed by atoms with E-state index in [1.54, 1.807) is 13.8 Å². The summed E-state index contributed by atoms with van der Waals surface area (Å²) in [7, 11) is 0. The number of carbonyl (C=O) groups excluding carboxylic acids is 2. The van der Waals surface area contributed by atoms with Gasteiger partial charge in [-0.3, -0.25) is 23.7 Å². The van der Waals surface area contributed by atoms with Crippen LogP contribution in [0.4, 0.5) is 28.0 Å². The molecule has 0 spiro atoms. The zero-order valence-corrected chi connectivity index (χ0v) is 23.2. The molecule has 1 unspecified atom stereocenters. The molecule has 5 rings (SSSR count). The molecule has 42 heavy (non-hydrogen) atoms. The third-order valence-corrected chi connectivity index (χ3v) is 7.81. The van der Waals surface area contributed by atoms with E-state index >= 15 is 4.39 Å². The zero-order chi connectivity index (χ0) is 30.3. The monoisotopic (exact) mass is 589 g/mol. The summed E-state index contributed by atoms with van der Waals surface area (Å²) in [6.07, 6.45) is -0.637. The summed E-state index contributed by atoms with van der Waals surface area (Å²) in [5.74, 6) is -1.19. The fourth-order valence-corrected chi connectivity index (χ4v) is 5.43. The van der Waals surface area contributed by atoms with E-state index in [-0.39, 0.29) is 65.3 Å². The molecule has 2 amide bonds. The van der Waals surface area contributed by atoms with E-state index in [2.05, 4.69) is 10.3 Å². The number of benzene rings is 1. The van der Waals surface area contributed by atoms with Gasteiger partial charge in [-0.2, -0.15) is 13.2 Å². The molecule has 2 aliphatic rings. The molecular weight excluding hydrogens is 558 g/mol. The van der Waals surface area contributed by atoms with Gasteiger partial charge in [0.05, 0.1) is 16.6 Å². The molecule has 13 heteroatoms. The van der Waals surface area contributed by atoms with Crippen LogP contribution in [0, 0.1) is 17.7 Å². The van der Waals surface area contributed by atoms with Crippen LogP contribution in [0.2, 0.25) is 0 Å². The number of pyridine rings is 1. The molecule has 1 aromatic carbocycles. The summed E-state index contributed by atoms with van der Waals surface area (Å²) in [6.45, 7) is 4.37. The number of Topliss-reactive ketones (excluding diaryl/α,β-unsaturated/α-hetero) is 1. The zero-order valence-electron chi connectivity index (χ0n) is 23.2. The minimum atomic E-state index is -4.61. The van der Waals surface area contributed by atoms with Crippen LogP contribution < -0.4 is 16.6 Å². The molecule has 3 aromatic rings. The molecule has 1 aliphatic carbocycles. The second-order valence-electron chi connectivity index (χ2n) is 11.4. The standard InChI is InChI=1S/C29H31F4N5O4/c1-16(2)38-23-12-21(30)22(11-20(23)26(40)37(28(38)42)15-17-5-6-17)35-27(41)36-9-3-4-18(14-36)10-24(39)19-7-8-25(34-13-19)29(31,32)33/h7-8,11-13,16-18H,3-6,9-10,14-15H2,1-2H3,(H,35,41). The van der Waals surface area contributed by atoms with Crippen LogP contribution in [-0.4, -0.2) is 43.9 Å². The van der Waals surface area contributed by atoms with E-state index in [1.807, 2.05) is 0 Å². The Balaban J connectivity index is 1.32. The highest BCUT2D eigenvalue weighted by Crippen LogP contribution is 2.31. The Morgan fingerprint density at radius 1 is 1.10 bits per heavy atom. The van der Waals surface area contributed by atoms with E-state index < -0.39 is 35.0 Å². The summed E-state index contributed by atoms with van der Waals surface area (Å²) in [5.41, 5.74) is -2.12. The third-order valence-electron chi connectivity index (χ3n) is 7.81. The first-order valence-corrected chi connectivity index (χ1v) is 13.9. The van der Waals surface area contributed by atoms with Gasteiger partial charge in [-0.15, -0.1) is 0 Å². The van der Waals surface area contributed by atoms with E-state index in [1.165, 1.54) is 20.1 Å². The number of halogens is 4. The minimum absolute atomic E-state index is 0.00836. The van der Waals surface area contributed by atoms with Crippen LogP contribution in [0.15, 0.2) is 40.1 Å². The number of likely N-dealkylation sites (tertiary alicyclic amines) is 1. The second kappa shape index (κ2) is 11.3. The Hall–Kier alpha value is -4.03. The number of hydrogen-bond acceptors (Lipinski definition) is 5. The molecule has 1 aliphatic heterocycles. The van der Waals surface area contributed by atoms with E-state index in [9.17, 15) is 32.3 Å². The summed E-state index contributed by atoms with van der Waals surface area (Å²) in [6, 6.07) is 3.24. The van der Waals surface area contributed by atoms with Gasteiger partial charge in [0.1, 0.15) is 11.5 Å². The van der Waals surface area contributed by atoms with Crippen LogP contribution in [-0.2, 0) is 12.7 Å². The van der Waals surface area contributed by atoms with Crippen molar-refractivity contribution in [3.05, 3.63) is 68.4 Å². The first-order valence-electron chi connectivity index (χ1n) is 13.9. The number of rotatable bonds is 7. The Bertz CT molecular complexity index is 1640. The third kappa shape index (κ3) is 6.09. The van der Waals surface area contributed by atoms with Gasteiger partial charge in [-0.05, 0) is 69.6 Å². The number of urea groups is 1. The summed E-state index contributed by atoms with van der Waals surface area (Å²) in [4.78, 5) is 57.0. The van der Waals surface area contributed by atoms with Crippen molar-refractivity contribution in [3.8, 4) is 0 Å². The van der Waals surface area contributed by atoms with Crippen molar-refractivity contribution in [3.63, 3.8) is 0 Å². The van der Waals surface area contributed by atoms with E-state index in [0.29, 0.717) is 19.4 Å². The first-order chi connectivity index (χ1) is 19.8. The second-order valence-corrected chi connectivity index (χ2v) is 11.4. The molecule has 224 valence electrons. The van der Waals surface area contributed by atoms with Crippen molar-refractivity contribution in [2.24, 2.45) is 11.8 Å². The van der Waals surface area contributed by atoms with Gasteiger partial charge in [-0.1, -0.05) is 0 Å². The summed E-state index contributed by atoms with van der Waals surface area (Å²) in [5, 5.41) is 2.65. The van der Waals surface area contributed by atoms with Gasteiger partial charge in [0.2, 0.25) is 0 Å². The molecule has 2 fully saturated rings. The number of alkyl halides is 3. The van der Waals surface area contributed by atoms with Crippen LogP contribution in [0.1, 0.15) is 68.0 Å².